The van der Waals surface area contributed by atoms with Gasteiger partial charge < -0.3 is 4.90 Å². The van der Waals surface area contributed by atoms with Gasteiger partial charge in [-0.3, -0.25) is 9.89 Å². The first-order valence-electron chi connectivity index (χ1n) is 7.58. The molecule has 6 heteroatoms. The van der Waals surface area contributed by atoms with Gasteiger partial charge in [0.1, 0.15) is 0 Å². The molecule has 0 spiro atoms. The second-order valence-electron chi connectivity index (χ2n) is 5.63. The van der Waals surface area contributed by atoms with Crippen molar-refractivity contribution in [2.45, 2.75) is 37.1 Å². The van der Waals surface area contributed by atoms with E-state index in [-0.39, 0.29) is 11.2 Å². The Labute approximate surface area is 134 Å². The molecule has 0 saturated carbocycles. The van der Waals surface area contributed by atoms with Crippen LogP contribution < -0.4 is 0 Å². The first kappa shape index (κ1) is 15.1. The summed E-state index contributed by atoms with van der Waals surface area (Å²) < 4.78 is 0. The van der Waals surface area contributed by atoms with Gasteiger partial charge in [-0.15, -0.1) is 5.10 Å². The molecule has 1 aromatic heterocycles. The number of aromatic amines is 1. The van der Waals surface area contributed by atoms with Gasteiger partial charge in [-0.1, -0.05) is 41.6 Å². The maximum atomic E-state index is 12.3. The van der Waals surface area contributed by atoms with E-state index in [1.807, 2.05) is 36.1 Å². The van der Waals surface area contributed by atoms with Crippen molar-refractivity contribution in [2.75, 3.05) is 13.1 Å². The van der Waals surface area contributed by atoms with Gasteiger partial charge in [-0.05, 0) is 26.7 Å². The second-order valence-corrected chi connectivity index (χ2v) is 6.93. The number of amides is 1. The zero-order valence-electron chi connectivity index (χ0n) is 12.9. The number of nitrogens with one attached hydrogen (secondary N) is 1. The SMILES string of the molecule is Cc1ccc(-c2nc(S[C@H](C)C(=O)N3CCCC3)n[nH]2)cc1. The lowest BCUT2D eigenvalue weighted by Crippen LogP contribution is -2.34. The topological polar surface area (TPSA) is 61.9 Å². The maximum absolute atomic E-state index is 12.3. The third kappa shape index (κ3) is 3.32. The van der Waals surface area contributed by atoms with Crippen LogP contribution in [0.25, 0.3) is 11.4 Å². The van der Waals surface area contributed by atoms with E-state index in [0.717, 1.165) is 37.3 Å². The average molecular weight is 316 g/mol. The van der Waals surface area contributed by atoms with Crippen molar-refractivity contribution in [2.24, 2.45) is 0 Å². The molecular weight excluding hydrogens is 296 g/mol. The molecule has 1 amide bonds. The molecule has 0 bridgehead atoms. The Morgan fingerprint density at radius 3 is 2.64 bits per heavy atom. The Kier molecular flexibility index (Phi) is 4.47. The summed E-state index contributed by atoms with van der Waals surface area (Å²) in [5.41, 5.74) is 2.21. The van der Waals surface area contributed by atoms with Crippen LogP contribution in [-0.4, -0.2) is 44.3 Å². The molecule has 3 rings (SSSR count). The Bertz CT molecular complexity index is 646. The molecule has 1 saturated heterocycles. The number of aromatic nitrogens is 3. The summed E-state index contributed by atoms with van der Waals surface area (Å²) in [6.07, 6.45) is 2.22. The van der Waals surface area contributed by atoms with Crippen molar-refractivity contribution in [3.05, 3.63) is 29.8 Å². The van der Waals surface area contributed by atoms with E-state index >= 15 is 0 Å². The number of aryl methyl sites for hydroxylation is 1. The van der Waals surface area contributed by atoms with Crippen molar-refractivity contribution < 1.29 is 4.79 Å². The Morgan fingerprint density at radius 1 is 1.27 bits per heavy atom. The minimum absolute atomic E-state index is 0.153. The van der Waals surface area contributed by atoms with Gasteiger partial charge in [0.25, 0.3) is 0 Å². The molecule has 2 heterocycles. The third-order valence-corrected chi connectivity index (χ3v) is 4.79. The van der Waals surface area contributed by atoms with Crippen LogP contribution in [0.2, 0.25) is 0 Å². The first-order chi connectivity index (χ1) is 10.6. The summed E-state index contributed by atoms with van der Waals surface area (Å²) in [5, 5.41) is 7.64. The van der Waals surface area contributed by atoms with Crippen molar-refractivity contribution >= 4 is 17.7 Å². The maximum Gasteiger partial charge on any atom is 0.235 e. The standard InChI is InChI=1S/C16H20N4OS/c1-11-5-7-13(8-6-11)14-17-16(19-18-14)22-12(2)15(21)20-9-3-4-10-20/h5-8,12H,3-4,9-10H2,1-2H3,(H,17,18,19)/t12-/m1/s1. The number of nitrogens with zero attached hydrogens (tertiary/aromatic N) is 3. The molecule has 2 aromatic rings. The largest absolute Gasteiger partial charge is 0.342 e. The van der Waals surface area contributed by atoms with Gasteiger partial charge in [-0.2, -0.15) is 0 Å². The Hall–Kier alpha value is -1.82. The summed E-state index contributed by atoms with van der Waals surface area (Å²) in [5.74, 6) is 0.924. The van der Waals surface area contributed by atoms with Crippen LogP contribution in [0, 0.1) is 6.92 Å². The van der Waals surface area contributed by atoms with Crippen molar-refractivity contribution in [1.29, 1.82) is 0 Å². The van der Waals surface area contributed by atoms with E-state index in [1.165, 1.54) is 17.3 Å². The number of hydrogen-bond acceptors (Lipinski definition) is 4. The highest BCUT2D eigenvalue weighted by Crippen LogP contribution is 2.25. The van der Waals surface area contributed by atoms with E-state index in [9.17, 15) is 4.79 Å². The smallest absolute Gasteiger partial charge is 0.235 e. The van der Waals surface area contributed by atoms with Gasteiger partial charge >= 0.3 is 0 Å². The summed E-state index contributed by atoms with van der Waals surface area (Å²) in [4.78, 5) is 18.7. The lowest BCUT2D eigenvalue weighted by molar-refractivity contribution is -0.129. The van der Waals surface area contributed by atoms with Crippen molar-refractivity contribution in [3.8, 4) is 11.4 Å². The molecule has 1 N–H and O–H groups in total. The summed E-state index contributed by atoms with van der Waals surface area (Å²) >= 11 is 1.41. The van der Waals surface area contributed by atoms with Gasteiger partial charge in [0, 0.05) is 18.7 Å². The zero-order chi connectivity index (χ0) is 15.5. The highest BCUT2D eigenvalue weighted by molar-refractivity contribution is 8.00. The zero-order valence-corrected chi connectivity index (χ0v) is 13.7. The van der Waals surface area contributed by atoms with Gasteiger partial charge in [0.15, 0.2) is 5.82 Å². The highest BCUT2D eigenvalue weighted by Gasteiger charge is 2.25. The molecule has 1 atom stereocenters. The van der Waals surface area contributed by atoms with Crippen LogP contribution in [0.3, 0.4) is 0 Å². The monoisotopic (exact) mass is 316 g/mol. The van der Waals surface area contributed by atoms with E-state index in [1.54, 1.807) is 0 Å². The Balaban J connectivity index is 1.66. The fraction of sp³-hybridized carbons (Fsp3) is 0.438. The fourth-order valence-corrected chi connectivity index (χ4v) is 3.35. The summed E-state index contributed by atoms with van der Waals surface area (Å²) in [6, 6.07) is 8.13. The number of thioether (sulfide) groups is 1. The normalized spacial score (nSPS) is 16.0. The molecule has 1 aromatic carbocycles. The number of H-pyrrole nitrogens is 1. The molecular formula is C16H20N4OS. The van der Waals surface area contributed by atoms with Crippen LogP contribution >= 0.6 is 11.8 Å². The van der Waals surface area contributed by atoms with Crippen LogP contribution in [0.5, 0.6) is 0 Å². The molecule has 22 heavy (non-hydrogen) atoms. The number of carbonyl (C=O) groups is 1. The fourth-order valence-electron chi connectivity index (χ4n) is 2.54. The molecule has 1 aliphatic rings. The number of carbonyl (C=O) groups excluding carboxylic acids is 1. The quantitative estimate of drug-likeness (QED) is 0.881. The lowest BCUT2D eigenvalue weighted by atomic mass is 10.1. The Morgan fingerprint density at radius 2 is 1.95 bits per heavy atom. The van der Waals surface area contributed by atoms with Crippen LogP contribution in [0.1, 0.15) is 25.3 Å². The van der Waals surface area contributed by atoms with E-state index < -0.39 is 0 Å². The molecule has 1 aliphatic heterocycles. The molecule has 0 aliphatic carbocycles. The van der Waals surface area contributed by atoms with E-state index in [0.29, 0.717) is 5.16 Å². The minimum atomic E-state index is -0.153. The molecule has 5 nitrogen and oxygen atoms in total. The van der Waals surface area contributed by atoms with Gasteiger partial charge in [0.2, 0.25) is 11.1 Å². The lowest BCUT2D eigenvalue weighted by Gasteiger charge is -2.18. The summed E-state index contributed by atoms with van der Waals surface area (Å²) in [7, 11) is 0. The molecule has 116 valence electrons. The number of hydrogen-bond donors (Lipinski definition) is 1. The van der Waals surface area contributed by atoms with Gasteiger partial charge in [0.05, 0.1) is 5.25 Å². The van der Waals surface area contributed by atoms with E-state index in [4.69, 9.17) is 0 Å². The molecule has 0 radical (unpaired) electrons. The number of likely N-dealkylation sites (tertiary alicyclic amines) is 1. The number of benzene rings is 1. The summed E-state index contributed by atoms with van der Waals surface area (Å²) in [6.45, 7) is 5.74. The van der Waals surface area contributed by atoms with Crippen LogP contribution in [0.4, 0.5) is 0 Å². The third-order valence-electron chi connectivity index (χ3n) is 3.84. The van der Waals surface area contributed by atoms with E-state index in [2.05, 4.69) is 22.1 Å². The molecule has 0 unspecified atom stereocenters. The number of rotatable bonds is 4. The van der Waals surface area contributed by atoms with Crippen molar-refractivity contribution in [3.63, 3.8) is 0 Å². The van der Waals surface area contributed by atoms with Crippen LogP contribution in [0.15, 0.2) is 29.4 Å². The predicted octanol–water partition coefficient (Wildman–Crippen LogP) is 2.88. The average Bonchev–Trinajstić information content (AvgIpc) is 3.18. The van der Waals surface area contributed by atoms with Crippen molar-refractivity contribution in [1.82, 2.24) is 20.1 Å². The minimum Gasteiger partial charge on any atom is -0.342 e. The van der Waals surface area contributed by atoms with Gasteiger partial charge in [-0.25, -0.2) is 4.98 Å². The first-order valence-corrected chi connectivity index (χ1v) is 8.46. The highest BCUT2D eigenvalue weighted by atomic mass is 32.2. The van der Waals surface area contributed by atoms with Crippen LogP contribution in [-0.2, 0) is 4.79 Å². The predicted molar refractivity (Wildman–Crippen MR) is 87.7 cm³/mol. The second kappa shape index (κ2) is 6.52. The molecule has 1 fully saturated rings.